The van der Waals surface area contributed by atoms with E-state index in [4.69, 9.17) is 9.90 Å². The monoisotopic (exact) mass is 321 g/mol. The van der Waals surface area contributed by atoms with E-state index in [1.165, 1.54) is 6.07 Å². The average molecular weight is 321 g/mol. The number of carboxylic acids is 1. The molecule has 1 fully saturated rings. The van der Waals surface area contributed by atoms with Crippen molar-refractivity contribution in [3.8, 4) is 0 Å². The molecule has 7 heteroatoms. The van der Waals surface area contributed by atoms with Crippen LogP contribution in [0.2, 0.25) is 0 Å². The Labute approximate surface area is 126 Å². The van der Waals surface area contributed by atoms with E-state index < -0.39 is 23.5 Å². The van der Waals surface area contributed by atoms with Gasteiger partial charge in [0.05, 0.1) is 5.56 Å². The Morgan fingerprint density at radius 2 is 2.00 bits per heavy atom. The second-order valence-electron chi connectivity index (χ2n) is 5.18. The molecule has 0 radical (unpaired) electrons. The molecule has 0 amide bonds. The van der Waals surface area contributed by atoms with Crippen LogP contribution in [0.3, 0.4) is 0 Å². The maximum atomic E-state index is 13.4. The van der Waals surface area contributed by atoms with Crippen molar-refractivity contribution in [1.29, 1.82) is 0 Å². The first kappa shape index (κ1) is 18.4. The van der Waals surface area contributed by atoms with Crippen molar-refractivity contribution in [2.75, 3.05) is 6.54 Å². The predicted molar refractivity (Wildman–Crippen MR) is 74.1 cm³/mol. The van der Waals surface area contributed by atoms with Gasteiger partial charge in [-0.05, 0) is 43.5 Å². The van der Waals surface area contributed by atoms with Crippen LogP contribution in [-0.2, 0) is 17.4 Å². The van der Waals surface area contributed by atoms with E-state index in [-0.39, 0.29) is 6.04 Å². The highest BCUT2D eigenvalue weighted by atomic mass is 19.4. The number of halogens is 4. The van der Waals surface area contributed by atoms with Crippen molar-refractivity contribution in [3.63, 3.8) is 0 Å². The number of hydrogen-bond acceptors (Lipinski definition) is 2. The fourth-order valence-corrected chi connectivity index (χ4v) is 2.30. The lowest BCUT2D eigenvalue weighted by Crippen LogP contribution is -2.35. The summed E-state index contributed by atoms with van der Waals surface area (Å²) < 4.78 is 50.5. The Morgan fingerprint density at radius 3 is 2.45 bits per heavy atom. The zero-order valence-electron chi connectivity index (χ0n) is 12.2. The summed E-state index contributed by atoms with van der Waals surface area (Å²) in [5.41, 5.74) is -0.581. The number of benzene rings is 1. The van der Waals surface area contributed by atoms with Gasteiger partial charge in [-0.15, -0.1) is 0 Å². The van der Waals surface area contributed by atoms with Crippen molar-refractivity contribution in [1.82, 2.24) is 5.32 Å². The van der Waals surface area contributed by atoms with Gasteiger partial charge in [-0.1, -0.05) is 12.5 Å². The third-order valence-corrected chi connectivity index (χ3v) is 3.23. The number of rotatable bonds is 2. The van der Waals surface area contributed by atoms with Crippen LogP contribution in [0, 0.1) is 5.82 Å². The molecule has 2 N–H and O–H groups in total. The molecule has 3 nitrogen and oxygen atoms in total. The third-order valence-electron chi connectivity index (χ3n) is 3.23. The Balaban J connectivity index is 0.000000541. The minimum Gasteiger partial charge on any atom is -0.481 e. The van der Waals surface area contributed by atoms with Crippen molar-refractivity contribution >= 4 is 5.97 Å². The van der Waals surface area contributed by atoms with Crippen molar-refractivity contribution in [2.24, 2.45) is 0 Å². The second-order valence-corrected chi connectivity index (χ2v) is 5.18. The van der Waals surface area contributed by atoms with Crippen LogP contribution >= 0.6 is 0 Å². The van der Waals surface area contributed by atoms with E-state index in [0.717, 1.165) is 44.9 Å². The first-order chi connectivity index (χ1) is 10.2. The maximum Gasteiger partial charge on any atom is 0.419 e. The number of hydrogen-bond donors (Lipinski definition) is 2. The quantitative estimate of drug-likeness (QED) is 0.818. The van der Waals surface area contributed by atoms with E-state index in [1.54, 1.807) is 0 Å². The molecule has 0 bridgehead atoms. The Bertz CT molecular complexity index is 493. The Hall–Kier alpha value is -1.63. The molecular weight excluding hydrogens is 302 g/mol. The summed E-state index contributed by atoms with van der Waals surface area (Å²) in [5.74, 6) is -2.02. The van der Waals surface area contributed by atoms with Gasteiger partial charge in [0.2, 0.25) is 0 Å². The SMILES string of the molecule is CC(=O)O.Fc1cc(CC2CCCCN2)ccc1C(F)(F)F. The standard InChI is InChI=1S/C13H15F4N.C2H4O2/c14-12-8-9(4-5-11(12)13(15,16)17)7-10-3-1-2-6-18-10;1-2(3)4/h4-5,8,10,18H,1-3,6-7H2;1H3,(H,3,4). The molecule has 124 valence electrons. The summed E-state index contributed by atoms with van der Waals surface area (Å²) in [7, 11) is 0. The van der Waals surface area contributed by atoms with Crippen LogP contribution in [0.25, 0.3) is 0 Å². The molecule has 1 heterocycles. The number of aliphatic carboxylic acids is 1. The molecule has 2 rings (SSSR count). The molecule has 0 saturated carbocycles. The van der Waals surface area contributed by atoms with E-state index in [2.05, 4.69) is 5.32 Å². The molecule has 1 aromatic rings. The van der Waals surface area contributed by atoms with Gasteiger partial charge in [-0.3, -0.25) is 4.79 Å². The third kappa shape index (κ3) is 6.43. The predicted octanol–water partition coefficient (Wildman–Crippen LogP) is 3.62. The fraction of sp³-hybridized carbons (Fsp3) is 0.533. The van der Waals surface area contributed by atoms with Gasteiger partial charge in [0.25, 0.3) is 5.97 Å². The molecule has 0 aromatic heterocycles. The lowest BCUT2D eigenvalue weighted by molar-refractivity contribution is -0.140. The van der Waals surface area contributed by atoms with E-state index in [9.17, 15) is 17.6 Å². The van der Waals surface area contributed by atoms with Crippen LogP contribution in [0.5, 0.6) is 0 Å². The van der Waals surface area contributed by atoms with Gasteiger partial charge < -0.3 is 10.4 Å². The minimum atomic E-state index is -4.62. The Kier molecular flexibility index (Phi) is 6.80. The van der Waals surface area contributed by atoms with Gasteiger partial charge in [0, 0.05) is 13.0 Å². The van der Waals surface area contributed by atoms with E-state index >= 15 is 0 Å². The fourth-order valence-electron chi connectivity index (χ4n) is 2.30. The van der Waals surface area contributed by atoms with Gasteiger partial charge in [0.15, 0.2) is 0 Å². The maximum absolute atomic E-state index is 13.4. The second kappa shape index (κ2) is 8.12. The van der Waals surface area contributed by atoms with Gasteiger partial charge >= 0.3 is 6.18 Å². The van der Waals surface area contributed by atoms with E-state index in [1.807, 2.05) is 0 Å². The van der Waals surface area contributed by atoms with Gasteiger partial charge in [0.1, 0.15) is 5.82 Å². The number of carbonyl (C=O) groups is 1. The largest absolute Gasteiger partial charge is 0.481 e. The smallest absolute Gasteiger partial charge is 0.419 e. The molecule has 22 heavy (non-hydrogen) atoms. The van der Waals surface area contributed by atoms with Crippen LogP contribution in [0.1, 0.15) is 37.3 Å². The van der Waals surface area contributed by atoms with Gasteiger partial charge in [-0.25, -0.2) is 4.39 Å². The zero-order valence-corrected chi connectivity index (χ0v) is 12.2. The summed E-state index contributed by atoms with van der Waals surface area (Å²) in [5, 5.41) is 10.7. The average Bonchev–Trinajstić information content (AvgIpc) is 2.37. The van der Waals surface area contributed by atoms with Crippen molar-refractivity contribution < 1.29 is 27.5 Å². The Morgan fingerprint density at radius 1 is 1.36 bits per heavy atom. The molecule has 1 unspecified atom stereocenters. The summed E-state index contributed by atoms with van der Waals surface area (Å²) in [4.78, 5) is 9.00. The van der Waals surface area contributed by atoms with Crippen LogP contribution < -0.4 is 5.32 Å². The summed E-state index contributed by atoms with van der Waals surface area (Å²) in [6, 6.07) is 3.43. The summed E-state index contributed by atoms with van der Waals surface area (Å²) in [6.07, 6.45) is -0.817. The molecule has 1 atom stereocenters. The van der Waals surface area contributed by atoms with Crippen LogP contribution in [0.15, 0.2) is 18.2 Å². The highest BCUT2D eigenvalue weighted by Gasteiger charge is 2.33. The van der Waals surface area contributed by atoms with E-state index in [0.29, 0.717) is 12.0 Å². The number of nitrogens with one attached hydrogen (secondary N) is 1. The van der Waals surface area contributed by atoms with Crippen LogP contribution in [-0.4, -0.2) is 23.7 Å². The van der Waals surface area contributed by atoms with Crippen molar-refractivity contribution in [2.45, 2.75) is 44.8 Å². The van der Waals surface area contributed by atoms with Crippen LogP contribution in [0.4, 0.5) is 17.6 Å². The number of piperidine rings is 1. The molecule has 1 saturated heterocycles. The first-order valence-corrected chi connectivity index (χ1v) is 6.98. The number of carboxylic acid groups (broad SMARTS) is 1. The minimum absolute atomic E-state index is 0.245. The van der Waals surface area contributed by atoms with Crippen molar-refractivity contribution in [3.05, 3.63) is 35.1 Å². The molecule has 1 aliphatic rings. The van der Waals surface area contributed by atoms with Gasteiger partial charge in [-0.2, -0.15) is 13.2 Å². The molecular formula is C15H19F4NO2. The summed E-state index contributed by atoms with van der Waals surface area (Å²) >= 11 is 0. The molecule has 1 aliphatic heterocycles. The lowest BCUT2D eigenvalue weighted by Gasteiger charge is -2.23. The molecule has 0 aliphatic carbocycles. The highest BCUT2D eigenvalue weighted by molar-refractivity contribution is 5.62. The molecule has 0 spiro atoms. The normalized spacial score (nSPS) is 18.3. The molecule has 1 aromatic carbocycles. The topological polar surface area (TPSA) is 49.3 Å². The number of alkyl halides is 3. The lowest BCUT2D eigenvalue weighted by atomic mass is 9.97. The zero-order chi connectivity index (χ0) is 16.8. The highest BCUT2D eigenvalue weighted by Crippen LogP contribution is 2.31. The summed E-state index contributed by atoms with van der Waals surface area (Å²) in [6.45, 7) is 2.01. The first-order valence-electron chi connectivity index (χ1n) is 6.98.